The fourth-order valence-electron chi connectivity index (χ4n) is 0.919. The lowest BCUT2D eigenvalue weighted by atomic mass is 10.2. The van der Waals surface area contributed by atoms with E-state index in [0.29, 0.717) is 0 Å². The molecule has 0 saturated heterocycles. The average Bonchev–Trinajstić information content (AvgIpc) is 1.81. The molecule has 0 heterocycles. The van der Waals surface area contributed by atoms with E-state index < -0.39 is 24.6 Å². The highest BCUT2D eigenvalue weighted by Crippen LogP contribution is 2.44. The normalized spacial score (nSPS) is 41.3. The predicted molar refractivity (Wildman–Crippen MR) is 24.9 cm³/mol. The van der Waals surface area contributed by atoms with Crippen LogP contribution in [-0.4, -0.2) is 16.9 Å². The van der Waals surface area contributed by atoms with Crippen LogP contribution in [0.2, 0.25) is 0 Å². The molecular formula is C5H7F3O. The van der Waals surface area contributed by atoms with Gasteiger partial charge in [-0.1, -0.05) is 0 Å². The first kappa shape index (κ1) is 6.86. The molecule has 1 rings (SSSR count). The first-order valence-corrected chi connectivity index (χ1v) is 2.75. The van der Waals surface area contributed by atoms with Crippen LogP contribution in [0.3, 0.4) is 0 Å². The van der Waals surface area contributed by atoms with E-state index in [2.05, 4.69) is 0 Å². The SMILES string of the molecule is OC1(F)CCCC1(F)F. The molecule has 1 unspecified atom stereocenters. The van der Waals surface area contributed by atoms with E-state index in [1.807, 2.05) is 0 Å². The Balaban J connectivity index is 2.75. The average molecular weight is 140 g/mol. The van der Waals surface area contributed by atoms with Gasteiger partial charge in [-0.15, -0.1) is 0 Å². The summed E-state index contributed by atoms with van der Waals surface area (Å²) in [6.45, 7) is 0. The molecule has 1 nitrogen and oxygen atoms in total. The molecule has 0 bridgehead atoms. The Labute approximate surface area is 50.5 Å². The summed E-state index contributed by atoms with van der Waals surface area (Å²) in [6, 6.07) is 0. The van der Waals surface area contributed by atoms with Gasteiger partial charge in [-0.05, 0) is 6.42 Å². The molecule has 1 N–H and O–H groups in total. The van der Waals surface area contributed by atoms with Crippen LogP contribution >= 0.6 is 0 Å². The van der Waals surface area contributed by atoms with E-state index >= 15 is 0 Å². The maximum absolute atomic E-state index is 12.2. The first-order valence-electron chi connectivity index (χ1n) is 2.75. The summed E-state index contributed by atoms with van der Waals surface area (Å²) < 4.78 is 36.4. The van der Waals surface area contributed by atoms with Crippen molar-refractivity contribution in [1.82, 2.24) is 0 Å². The number of hydrogen-bond donors (Lipinski definition) is 1. The zero-order chi connectivity index (χ0) is 7.12. The Bertz CT molecular complexity index is 107. The molecule has 9 heavy (non-hydrogen) atoms. The maximum Gasteiger partial charge on any atom is 0.305 e. The molecule has 0 aromatic carbocycles. The maximum atomic E-state index is 12.2. The molecule has 1 aliphatic rings. The Kier molecular flexibility index (Phi) is 1.24. The van der Waals surface area contributed by atoms with Crippen LogP contribution in [-0.2, 0) is 0 Å². The van der Waals surface area contributed by atoms with Crippen LogP contribution in [0.1, 0.15) is 19.3 Å². The third-order valence-electron chi connectivity index (χ3n) is 1.56. The Morgan fingerprint density at radius 2 is 1.67 bits per heavy atom. The van der Waals surface area contributed by atoms with E-state index in [4.69, 9.17) is 5.11 Å². The van der Waals surface area contributed by atoms with E-state index in [1.165, 1.54) is 0 Å². The van der Waals surface area contributed by atoms with Crippen molar-refractivity contribution in [2.24, 2.45) is 0 Å². The monoisotopic (exact) mass is 140 g/mol. The van der Waals surface area contributed by atoms with Crippen molar-refractivity contribution in [1.29, 1.82) is 0 Å². The Morgan fingerprint density at radius 3 is 1.78 bits per heavy atom. The number of alkyl halides is 3. The van der Waals surface area contributed by atoms with Gasteiger partial charge in [-0.25, -0.2) is 13.2 Å². The second-order valence-electron chi connectivity index (χ2n) is 2.32. The summed E-state index contributed by atoms with van der Waals surface area (Å²) in [5, 5.41) is 8.31. The summed E-state index contributed by atoms with van der Waals surface area (Å²) in [7, 11) is 0. The summed E-state index contributed by atoms with van der Waals surface area (Å²) in [4.78, 5) is 0. The van der Waals surface area contributed by atoms with Crippen molar-refractivity contribution < 1.29 is 18.3 Å². The highest BCUT2D eigenvalue weighted by atomic mass is 19.3. The third-order valence-corrected chi connectivity index (χ3v) is 1.56. The van der Waals surface area contributed by atoms with Crippen molar-refractivity contribution in [3.8, 4) is 0 Å². The second kappa shape index (κ2) is 1.62. The molecule has 4 heteroatoms. The van der Waals surface area contributed by atoms with E-state index in [1.54, 1.807) is 0 Å². The van der Waals surface area contributed by atoms with Crippen molar-refractivity contribution in [3.63, 3.8) is 0 Å². The van der Waals surface area contributed by atoms with Gasteiger partial charge in [-0.3, -0.25) is 0 Å². The standard InChI is InChI=1S/C5H7F3O/c6-4(7)2-1-3-5(4,8)9/h9H,1-3H2. The van der Waals surface area contributed by atoms with Crippen molar-refractivity contribution in [3.05, 3.63) is 0 Å². The summed E-state index contributed by atoms with van der Waals surface area (Å²) in [5.74, 6) is -6.76. The van der Waals surface area contributed by atoms with E-state index in [9.17, 15) is 13.2 Å². The number of rotatable bonds is 0. The molecular weight excluding hydrogens is 133 g/mol. The third kappa shape index (κ3) is 0.913. The lowest BCUT2D eigenvalue weighted by Gasteiger charge is -2.19. The van der Waals surface area contributed by atoms with E-state index in [0.717, 1.165) is 0 Å². The molecule has 1 aliphatic carbocycles. The quantitative estimate of drug-likeness (QED) is 0.540. The molecule has 0 aromatic rings. The second-order valence-corrected chi connectivity index (χ2v) is 2.32. The van der Waals surface area contributed by atoms with Gasteiger partial charge < -0.3 is 5.11 Å². The number of hydrogen-bond acceptors (Lipinski definition) is 1. The lowest BCUT2D eigenvalue weighted by molar-refractivity contribution is -0.231. The van der Waals surface area contributed by atoms with Gasteiger partial charge in [0, 0.05) is 12.8 Å². The minimum Gasteiger partial charge on any atom is -0.357 e. The van der Waals surface area contributed by atoms with Gasteiger partial charge in [0.25, 0.3) is 5.85 Å². The first-order chi connectivity index (χ1) is 3.96. The van der Waals surface area contributed by atoms with Gasteiger partial charge in [-0.2, -0.15) is 0 Å². The fourth-order valence-corrected chi connectivity index (χ4v) is 0.919. The molecule has 0 aliphatic heterocycles. The van der Waals surface area contributed by atoms with Crippen molar-refractivity contribution >= 4 is 0 Å². The molecule has 0 spiro atoms. The van der Waals surface area contributed by atoms with Crippen LogP contribution in [0.5, 0.6) is 0 Å². The minimum absolute atomic E-state index is 0.0556. The fraction of sp³-hybridized carbons (Fsp3) is 1.00. The Morgan fingerprint density at radius 1 is 1.11 bits per heavy atom. The van der Waals surface area contributed by atoms with Crippen LogP contribution in [0.25, 0.3) is 0 Å². The van der Waals surface area contributed by atoms with Gasteiger partial charge in [0.05, 0.1) is 0 Å². The zero-order valence-corrected chi connectivity index (χ0v) is 4.70. The summed E-state index contributed by atoms with van der Waals surface area (Å²) in [5.41, 5.74) is 0. The largest absolute Gasteiger partial charge is 0.357 e. The summed E-state index contributed by atoms with van der Waals surface area (Å²) >= 11 is 0. The predicted octanol–water partition coefficient (Wildman–Crippen LogP) is 1.46. The van der Waals surface area contributed by atoms with Gasteiger partial charge >= 0.3 is 5.92 Å². The molecule has 1 atom stereocenters. The number of halogens is 3. The topological polar surface area (TPSA) is 20.2 Å². The van der Waals surface area contributed by atoms with Crippen molar-refractivity contribution in [2.75, 3.05) is 0 Å². The zero-order valence-electron chi connectivity index (χ0n) is 4.70. The molecule has 1 saturated carbocycles. The molecule has 0 radical (unpaired) electrons. The highest BCUT2D eigenvalue weighted by molar-refractivity contribution is 4.90. The van der Waals surface area contributed by atoms with Gasteiger partial charge in [0.2, 0.25) is 0 Å². The highest BCUT2D eigenvalue weighted by Gasteiger charge is 2.57. The lowest BCUT2D eigenvalue weighted by Crippen LogP contribution is -2.38. The summed E-state index contributed by atoms with van der Waals surface area (Å²) in [6.07, 6.45) is -0.931. The molecule has 0 amide bonds. The van der Waals surface area contributed by atoms with Crippen LogP contribution in [0, 0.1) is 0 Å². The number of aliphatic hydroxyl groups is 1. The molecule has 54 valence electrons. The van der Waals surface area contributed by atoms with Crippen LogP contribution < -0.4 is 0 Å². The molecule has 0 aromatic heterocycles. The smallest absolute Gasteiger partial charge is 0.305 e. The Hall–Kier alpha value is -0.250. The van der Waals surface area contributed by atoms with Crippen LogP contribution in [0.4, 0.5) is 13.2 Å². The minimum atomic E-state index is -3.52. The van der Waals surface area contributed by atoms with Gasteiger partial charge in [0.1, 0.15) is 0 Å². The van der Waals surface area contributed by atoms with Gasteiger partial charge in [0.15, 0.2) is 0 Å². The van der Waals surface area contributed by atoms with Crippen LogP contribution in [0.15, 0.2) is 0 Å². The van der Waals surface area contributed by atoms with Crippen molar-refractivity contribution in [2.45, 2.75) is 31.0 Å². The molecule has 1 fully saturated rings. The van der Waals surface area contributed by atoms with E-state index in [-0.39, 0.29) is 6.42 Å².